The van der Waals surface area contributed by atoms with Crippen molar-refractivity contribution in [2.75, 3.05) is 7.11 Å². The van der Waals surface area contributed by atoms with Crippen molar-refractivity contribution in [2.45, 2.75) is 26.6 Å². The molecule has 0 radical (unpaired) electrons. The number of allylic oxidation sites excluding steroid dienone is 1. The second-order valence-electron chi connectivity index (χ2n) is 4.89. The van der Waals surface area contributed by atoms with Gasteiger partial charge < -0.3 is 4.74 Å². The summed E-state index contributed by atoms with van der Waals surface area (Å²) in [4.78, 5) is 0. The minimum Gasteiger partial charge on any atom is -0.496 e. The van der Waals surface area contributed by atoms with Crippen LogP contribution in [0.4, 0.5) is 0 Å². The van der Waals surface area contributed by atoms with Gasteiger partial charge in [-0.2, -0.15) is 0 Å². The minimum atomic E-state index is -1.16. The molecule has 82 valence electrons. The van der Waals surface area contributed by atoms with Crippen LogP contribution in [0.25, 0.3) is 5.57 Å². The number of rotatable bonds is 3. The normalized spacial score (nSPS) is 12.7. The predicted octanol–water partition coefficient (Wildman–Crippen LogP) is 3.98. The lowest BCUT2D eigenvalue weighted by atomic mass is 10.1. The second-order valence-corrected chi connectivity index (χ2v) is 9.91. The van der Waals surface area contributed by atoms with Crippen LogP contribution >= 0.6 is 0 Å². The Morgan fingerprint density at radius 1 is 1.20 bits per heavy atom. The van der Waals surface area contributed by atoms with E-state index >= 15 is 0 Å². The van der Waals surface area contributed by atoms with Crippen LogP contribution in [-0.4, -0.2) is 15.2 Å². The number of methoxy groups -OCH3 is 1. The molecule has 0 N–H and O–H groups in total. The lowest BCUT2D eigenvalue weighted by Crippen LogP contribution is -2.16. The molecule has 0 atom stereocenters. The number of ether oxygens (including phenoxy) is 1. The summed E-state index contributed by atoms with van der Waals surface area (Å²) < 4.78 is 5.36. The average molecular weight is 220 g/mol. The predicted molar refractivity (Wildman–Crippen MR) is 70.0 cm³/mol. The van der Waals surface area contributed by atoms with E-state index < -0.39 is 8.07 Å². The minimum absolute atomic E-state index is 0.962. The summed E-state index contributed by atoms with van der Waals surface area (Å²) in [5.74, 6) is 0.962. The number of para-hydroxylation sites is 1. The van der Waals surface area contributed by atoms with E-state index in [-0.39, 0.29) is 0 Å². The molecule has 0 fully saturated rings. The van der Waals surface area contributed by atoms with Crippen molar-refractivity contribution >= 4 is 13.6 Å². The zero-order chi connectivity index (χ0) is 11.5. The summed E-state index contributed by atoms with van der Waals surface area (Å²) in [5.41, 5.74) is 4.94. The van der Waals surface area contributed by atoms with Crippen molar-refractivity contribution in [1.82, 2.24) is 0 Å². The van der Waals surface area contributed by atoms with Gasteiger partial charge in [-0.3, -0.25) is 0 Å². The lowest BCUT2D eigenvalue weighted by Gasteiger charge is -2.14. The van der Waals surface area contributed by atoms with Crippen molar-refractivity contribution in [3.05, 3.63) is 35.5 Å². The zero-order valence-corrected chi connectivity index (χ0v) is 11.3. The molecule has 0 bridgehead atoms. The molecule has 2 heteroatoms. The molecule has 0 spiro atoms. The summed E-state index contributed by atoms with van der Waals surface area (Å²) >= 11 is 0. The highest BCUT2D eigenvalue weighted by Gasteiger charge is 2.11. The molecule has 0 aromatic heterocycles. The van der Waals surface area contributed by atoms with Gasteiger partial charge in [-0.05, 0) is 18.6 Å². The van der Waals surface area contributed by atoms with Gasteiger partial charge in [0.1, 0.15) is 5.75 Å². The van der Waals surface area contributed by atoms with Crippen molar-refractivity contribution in [2.24, 2.45) is 0 Å². The van der Waals surface area contributed by atoms with Crippen LogP contribution in [0.2, 0.25) is 19.6 Å². The van der Waals surface area contributed by atoms with Gasteiger partial charge in [0.2, 0.25) is 0 Å². The first-order valence-electron chi connectivity index (χ1n) is 5.27. The van der Waals surface area contributed by atoms with Crippen molar-refractivity contribution in [1.29, 1.82) is 0 Å². The maximum Gasteiger partial charge on any atom is 0.126 e. The Kier molecular flexibility index (Phi) is 3.75. The summed E-state index contributed by atoms with van der Waals surface area (Å²) in [6.07, 6.45) is 0. The van der Waals surface area contributed by atoms with Crippen LogP contribution in [0.1, 0.15) is 12.5 Å². The molecule has 15 heavy (non-hydrogen) atoms. The fourth-order valence-electron chi connectivity index (χ4n) is 1.70. The van der Waals surface area contributed by atoms with Crippen LogP contribution in [-0.2, 0) is 0 Å². The molecule has 0 amide bonds. The Bertz CT molecular complexity index is 361. The van der Waals surface area contributed by atoms with Gasteiger partial charge in [-0.25, -0.2) is 0 Å². The average Bonchev–Trinajstić information content (AvgIpc) is 2.15. The summed E-state index contributed by atoms with van der Waals surface area (Å²) in [6, 6.07) is 8.19. The molecule has 1 aromatic carbocycles. The molecular weight excluding hydrogens is 200 g/mol. The molecule has 1 nitrogen and oxygen atoms in total. The molecule has 0 unspecified atom stereocenters. The Hall–Kier alpha value is -1.02. The third kappa shape index (κ3) is 3.55. The van der Waals surface area contributed by atoms with E-state index in [9.17, 15) is 0 Å². The van der Waals surface area contributed by atoms with Gasteiger partial charge in [0.05, 0.1) is 15.2 Å². The van der Waals surface area contributed by atoms with E-state index in [1.54, 1.807) is 7.11 Å². The smallest absolute Gasteiger partial charge is 0.126 e. The third-order valence-electron chi connectivity index (χ3n) is 2.18. The van der Waals surface area contributed by atoms with Gasteiger partial charge in [-0.1, -0.05) is 43.5 Å². The third-order valence-corrected chi connectivity index (χ3v) is 3.48. The van der Waals surface area contributed by atoms with E-state index in [1.165, 1.54) is 11.1 Å². The molecule has 0 saturated carbocycles. The van der Waals surface area contributed by atoms with E-state index in [0.29, 0.717) is 0 Å². The number of hydrogen-bond donors (Lipinski definition) is 0. The van der Waals surface area contributed by atoms with Crippen LogP contribution in [0, 0.1) is 0 Å². The summed E-state index contributed by atoms with van der Waals surface area (Å²) in [6.45, 7) is 9.18. The van der Waals surface area contributed by atoms with Gasteiger partial charge in [0.25, 0.3) is 0 Å². The number of benzene rings is 1. The maximum absolute atomic E-state index is 5.36. The van der Waals surface area contributed by atoms with Crippen molar-refractivity contribution in [3.63, 3.8) is 0 Å². The Balaban J connectivity index is 3.11. The highest BCUT2D eigenvalue weighted by atomic mass is 28.3. The Morgan fingerprint density at radius 2 is 1.80 bits per heavy atom. The Morgan fingerprint density at radius 3 is 2.33 bits per heavy atom. The summed E-state index contributed by atoms with van der Waals surface area (Å²) in [7, 11) is 0.566. The molecule has 0 aliphatic heterocycles. The van der Waals surface area contributed by atoms with Crippen LogP contribution in [0.5, 0.6) is 5.75 Å². The maximum atomic E-state index is 5.36. The quantitative estimate of drug-likeness (QED) is 0.700. The van der Waals surface area contributed by atoms with Crippen molar-refractivity contribution < 1.29 is 4.74 Å². The Labute approximate surface area is 93.8 Å². The van der Waals surface area contributed by atoms with E-state index in [4.69, 9.17) is 4.74 Å². The van der Waals surface area contributed by atoms with Crippen molar-refractivity contribution in [3.8, 4) is 5.75 Å². The molecule has 0 aliphatic carbocycles. The van der Waals surface area contributed by atoms with Crippen LogP contribution < -0.4 is 4.74 Å². The first-order valence-corrected chi connectivity index (χ1v) is 8.84. The molecule has 0 heterocycles. The first kappa shape index (κ1) is 12.0. The SMILES string of the molecule is COc1ccccc1C(C)=C[Si](C)(C)C. The molecular formula is C13H20OSi. The standard InChI is InChI=1S/C13H20OSi/c1-11(10-15(3,4)5)12-8-6-7-9-13(12)14-2/h6-10H,1-5H3. The first-order chi connectivity index (χ1) is 6.94. The van der Waals surface area contributed by atoms with E-state index in [1.807, 2.05) is 12.1 Å². The fourth-order valence-corrected chi connectivity index (χ4v) is 3.15. The topological polar surface area (TPSA) is 9.23 Å². The number of hydrogen-bond acceptors (Lipinski definition) is 1. The second kappa shape index (κ2) is 4.66. The zero-order valence-electron chi connectivity index (χ0n) is 10.3. The summed E-state index contributed by atoms with van der Waals surface area (Å²) in [5, 5.41) is 0. The van der Waals surface area contributed by atoms with Gasteiger partial charge >= 0.3 is 0 Å². The van der Waals surface area contributed by atoms with Gasteiger partial charge in [-0.15, -0.1) is 0 Å². The molecule has 1 aromatic rings. The van der Waals surface area contributed by atoms with E-state index in [0.717, 1.165) is 5.75 Å². The molecule has 1 rings (SSSR count). The largest absolute Gasteiger partial charge is 0.496 e. The molecule has 0 saturated heterocycles. The molecule has 0 aliphatic rings. The highest BCUT2D eigenvalue weighted by molar-refractivity contribution is 6.81. The van der Waals surface area contributed by atoms with Crippen LogP contribution in [0.3, 0.4) is 0 Å². The highest BCUT2D eigenvalue weighted by Crippen LogP contribution is 2.26. The van der Waals surface area contributed by atoms with Crippen LogP contribution in [0.15, 0.2) is 30.0 Å². The van der Waals surface area contributed by atoms with Gasteiger partial charge in [0.15, 0.2) is 0 Å². The van der Waals surface area contributed by atoms with E-state index in [2.05, 4.69) is 44.4 Å². The monoisotopic (exact) mass is 220 g/mol. The lowest BCUT2D eigenvalue weighted by molar-refractivity contribution is 0.413. The van der Waals surface area contributed by atoms with Gasteiger partial charge in [0, 0.05) is 5.56 Å². The fraction of sp³-hybridized carbons (Fsp3) is 0.385.